The molecule has 0 saturated heterocycles. The lowest BCUT2D eigenvalue weighted by Gasteiger charge is -2.36. The van der Waals surface area contributed by atoms with Crippen LogP contribution in [0.5, 0.6) is 0 Å². The zero-order valence-corrected chi connectivity index (χ0v) is 12.5. The maximum Gasteiger partial charge on any atom is 0.0711 e. The average Bonchev–Trinajstić information content (AvgIpc) is 2.62. The maximum absolute atomic E-state index is 6.41. The van der Waals surface area contributed by atoms with E-state index in [2.05, 4.69) is 13.8 Å². The molecule has 0 spiro atoms. The van der Waals surface area contributed by atoms with Crippen LogP contribution >= 0.6 is 0 Å². The van der Waals surface area contributed by atoms with Crippen molar-refractivity contribution >= 4 is 15.7 Å². The largest absolute Gasteiger partial charge is 0.381 e. The molecule has 1 rings (SSSR count). The van der Waals surface area contributed by atoms with Gasteiger partial charge in [-0.05, 0) is 18.3 Å². The quantitative estimate of drug-likeness (QED) is 0.465. The van der Waals surface area contributed by atoms with E-state index in [0.717, 1.165) is 6.42 Å². The van der Waals surface area contributed by atoms with Crippen LogP contribution in [0, 0.1) is 11.3 Å². The lowest BCUT2D eigenvalue weighted by atomic mass is 9.61. The molecule has 1 aliphatic carbocycles. The van der Waals surface area contributed by atoms with Gasteiger partial charge in [-0.15, -0.1) is 0 Å². The highest BCUT2D eigenvalue weighted by Gasteiger charge is 2.47. The Morgan fingerprint density at radius 2 is 1.89 bits per heavy atom. The van der Waals surface area contributed by atoms with E-state index in [9.17, 15) is 0 Å². The summed E-state index contributed by atoms with van der Waals surface area (Å²) in [5.74, 6) is 0.620. The summed E-state index contributed by atoms with van der Waals surface area (Å²) in [6.07, 6.45) is 9.75. The predicted octanol–water partition coefficient (Wildman–Crippen LogP) is 3.93. The molecular weight excluding hydrogens is 218 g/mol. The van der Waals surface area contributed by atoms with Crippen molar-refractivity contribution in [2.75, 3.05) is 7.11 Å². The summed E-state index contributed by atoms with van der Waals surface area (Å²) in [4.78, 5) is 0. The molecule has 1 fully saturated rings. The van der Waals surface area contributed by atoms with Crippen molar-refractivity contribution in [1.82, 2.24) is 0 Å². The lowest BCUT2D eigenvalue weighted by molar-refractivity contribution is 0.0148. The predicted molar refractivity (Wildman–Crippen MR) is 80.5 cm³/mol. The first-order chi connectivity index (χ1) is 8.60. The number of unbranched alkanes of at least 4 members (excludes halogenated alkanes) is 4. The van der Waals surface area contributed by atoms with Gasteiger partial charge >= 0.3 is 0 Å². The third-order valence-corrected chi connectivity index (χ3v) is 4.93. The standard InChI is InChI=1S/C15H28B2O/c1-4-5-6-7-8-9-15(2)13(18-3)10-12(11-16)14(15)17/h12-14H,4-11H2,1-3H3/t12?,13?,14?,15-/m1/s1. The molecule has 0 aromatic rings. The van der Waals surface area contributed by atoms with E-state index in [4.69, 9.17) is 20.4 Å². The van der Waals surface area contributed by atoms with Crippen molar-refractivity contribution in [1.29, 1.82) is 0 Å². The molecule has 100 valence electrons. The zero-order chi connectivity index (χ0) is 13.6. The van der Waals surface area contributed by atoms with Gasteiger partial charge in [-0.3, -0.25) is 0 Å². The highest BCUT2D eigenvalue weighted by molar-refractivity contribution is 6.14. The van der Waals surface area contributed by atoms with E-state index in [1.807, 2.05) is 7.11 Å². The Labute approximate surface area is 116 Å². The molecular formula is C15H28B2O. The molecule has 0 aromatic carbocycles. The molecule has 0 bridgehead atoms. The SMILES string of the molecule is [B]CC1CC(OC)[C@@](C)(CCCCCCC)C1[B]. The normalized spacial score (nSPS) is 36.1. The second-order valence-electron chi connectivity index (χ2n) is 6.15. The molecule has 0 N–H and O–H groups in total. The smallest absolute Gasteiger partial charge is 0.0711 e. The van der Waals surface area contributed by atoms with Gasteiger partial charge < -0.3 is 4.74 Å². The third-order valence-electron chi connectivity index (χ3n) is 4.93. The van der Waals surface area contributed by atoms with E-state index < -0.39 is 0 Å². The van der Waals surface area contributed by atoms with Crippen LogP contribution in [0.4, 0.5) is 0 Å². The molecule has 1 saturated carbocycles. The molecule has 0 heterocycles. The van der Waals surface area contributed by atoms with Crippen LogP contribution in [0.2, 0.25) is 12.1 Å². The average molecular weight is 246 g/mol. The maximum atomic E-state index is 6.41. The Bertz CT molecular complexity index is 231. The van der Waals surface area contributed by atoms with Crippen molar-refractivity contribution in [3.8, 4) is 0 Å². The van der Waals surface area contributed by atoms with Gasteiger partial charge in [-0.1, -0.05) is 64.0 Å². The van der Waals surface area contributed by atoms with E-state index in [1.54, 1.807) is 0 Å². The first-order valence-corrected chi connectivity index (χ1v) is 7.58. The summed E-state index contributed by atoms with van der Waals surface area (Å²) in [5.41, 5.74) is 0.116. The van der Waals surface area contributed by atoms with Gasteiger partial charge in [0.15, 0.2) is 0 Å². The van der Waals surface area contributed by atoms with Crippen LogP contribution in [0.3, 0.4) is 0 Å². The van der Waals surface area contributed by atoms with Gasteiger partial charge in [0.1, 0.15) is 0 Å². The summed E-state index contributed by atoms with van der Waals surface area (Å²) < 4.78 is 5.67. The first-order valence-electron chi connectivity index (χ1n) is 7.58. The Kier molecular flexibility index (Phi) is 6.84. The van der Waals surface area contributed by atoms with Crippen LogP contribution in [-0.2, 0) is 4.74 Å². The van der Waals surface area contributed by atoms with Crippen LogP contribution < -0.4 is 0 Å². The molecule has 0 amide bonds. The second kappa shape index (κ2) is 7.62. The fourth-order valence-electron chi connectivity index (χ4n) is 3.49. The van der Waals surface area contributed by atoms with Gasteiger partial charge in [0.25, 0.3) is 0 Å². The summed E-state index contributed by atoms with van der Waals surface area (Å²) in [7, 11) is 14.0. The van der Waals surface area contributed by atoms with Gasteiger partial charge in [0.05, 0.1) is 21.8 Å². The molecule has 3 unspecified atom stereocenters. The molecule has 4 atom stereocenters. The van der Waals surface area contributed by atoms with E-state index in [-0.39, 0.29) is 17.3 Å². The highest BCUT2D eigenvalue weighted by atomic mass is 16.5. The lowest BCUT2D eigenvalue weighted by Crippen LogP contribution is -2.32. The minimum absolute atomic E-state index is 0.116. The number of hydrogen-bond donors (Lipinski definition) is 0. The Hall–Kier alpha value is 0.0899. The van der Waals surface area contributed by atoms with E-state index in [1.165, 1.54) is 38.5 Å². The number of rotatable bonds is 8. The van der Waals surface area contributed by atoms with Crippen LogP contribution in [0.25, 0.3) is 0 Å². The van der Waals surface area contributed by atoms with Gasteiger partial charge in [0, 0.05) is 7.11 Å². The summed E-state index contributed by atoms with van der Waals surface area (Å²) in [6, 6.07) is 0. The molecule has 0 aliphatic heterocycles. The van der Waals surface area contributed by atoms with Crippen LogP contribution in [0.15, 0.2) is 0 Å². The first kappa shape index (κ1) is 16.1. The minimum Gasteiger partial charge on any atom is -0.381 e. The van der Waals surface area contributed by atoms with E-state index in [0.29, 0.717) is 12.2 Å². The molecule has 18 heavy (non-hydrogen) atoms. The summed E-state index contributed by atoms with van der Waals surface area (Å²) in [6.45, 7) is 4.54. The van der Waals surface area contributed by atoms with Crippen molar-refractivity contribution in [3.05, 3.63) is 0 Å². The fraction of sp³-hybridized carbons (Fsp3) is 1.00. The molecule has 0 aromatic heterocycles. The molecule has 4 radical (unpaired) electrons. The molecule has 3 heteroatoms. The molecule has 1 nitrogen and oxygen atoms in total. The summed E-state index contributed by atoms with van der Waals surface area (Å²) >= 11 is 0. The van der Waals surface area contributed by atoms with Gasteiger partial charge in [-0.2, -0.15) is 0 Å². The third kappa shape index (κ3) is 3.56. The number of ether oxygens (including phenoxy) is 1. The summed E-state index contributed by atoms with van der Waals surface area (Å²) in [5, 5.41) is 0. The zero-order valence-electron chi connectivity index (χ0n) is 12.5. The van der Waals surface area contributed by atoms with Crippen molar-refractivity contribution in [3.63, 3.8) is 0 Å². The number of methoxy groups -OCH3 is 1. The second-order valence-corrected chi connectivity index (χ2v) is 6.15. The Balaban J connectivity index is 2.47. The van der Waals surface area contributed by atoms with Crippen molar-refractivity contribution in [2.45, 2.75) is 77.0 Å². The van der Waals surface area contributed by atoms with Crippen molar-refractivity contribution in [2.24, 2.45) is 11.3 Å². The minimum atomic E-state index is 0.116. The number of hydrogen-bond acceptors (Lipinski definition) is 1. The van der Waals surface area contributed by atoms with E-state index >= 15 is 0 Å². The van der Waals surface area contributed by atoms with Crippen LogP contribution in [0.1, 0.15) is 58.8 Å². The Morgan fingerprint density at radius 1 is 1.22 bits per heavy atom. The van der Waals surface area contributed by atoms with Crippen LogP contribution in [-0.4, -0.2) is 28.9 Å². The Morgan fingerprint density at radius 3 is 2.44 bits per heavy atom. The van der Waals surface area contributed by atoms with Gasteiger partial charge in [-0.25, -0.2) is 0 Å². The van der Waals surface area contributed by atoms with Gasteiger partial charge in [0.2, 0.25) is 0 Å². The molecule has 1 aliphatic rings. The fourth-order valence-corrected chi connectivity index (χ4v) is 3.49. The topological polar surface area (TPSA) is 9.23 Å². The monoisotopic (exact) mass is 246 g/mol. The highest BCUT2D eigenvalue weighted by Crippen LogP contribution is 2.54. The van der Waals surface area contributed by atoms with Crippen molar-refractivity contribution < 1.29 is 4.74 Å².